The molecule has 3 N–H and O–H groups in total. The Morgan fingerprint density at radius 2 is 2.17 bits per heavy atom. The highest BCUT2D eigenvalue weighted by Gasteiger charge is 2.25. The Morgan fingerprint density at radius 1 is 1.44 bits per heavy atom. The van der Waals surface area contributed by atoms with Crippen molar-refractivity contribution < 1.29 is 13.5 Å². The third kappa shape index (κ3) is 3.26. The van der Waals surface area contributed by atoms with Crippen molar-refractivity contribution in [3.8, 4) is 0 Å². The smallest absolute Gasteiger partial charge is 0.245 e. The predicted molar refractivity (Wildman–Crippen MR) is 68.3 cm³/mol. The summed E-state index contributed by atoms with van der Waals surface area (Å²) in [5, 5.41) is 8.95. The van der Waals surface area contributed by atoms with Crippen molar-refractivity contribution in [1.82, 2.24) is 9.29 Å². The minimum absolute atomic E-state index is 0.0640. The van der Waals surface area contributed by atoms with Gasteiger partial charge in [0.05, 0.1) is 12.3 Å². The number of nitrogens with two attached hydrogens (primary N) is 1. The highest BCUT2D eigenvalue weighted by atomic mass is 32.2. The van der Waals surface area contributed by atoms with E-state index < -0.39 is 10.0 Å². The minimum atomic E-state index is -3.64. The monoisotopic (exact) mass is 273 g/mol. The minimum Gasteiger partial charge on any atom is -0.395 e. The summed E-state index contributed by atoms with van der Waals surface area (Å²) in [5.74, 6) is 0. The molecule has 0 bridgehead atoms. The first-order chi connectivity index (χ1) is 8.57. The van der Waals surface area contributed by atoms with Crippen LogP contribution in [0.1, 0.15) is 19.0 Å². The molecule has 0 amide bonds. The number of hydrogen-bond donors (Lipinski definition) is 2. The van der Waals surface area contributed by atoms with E-state index in [0.717, 1.165) is 0 Å². The van der Waals surface area contributed by atoms with Crippen molar-refractivity contribution >= 4 is 10.0 Å². The van der Waals surface area contributed by atoms with E-state index in [1.54, 1.807) is 6.07 Å². The molecule has 0 spiro atoms. The van der Waals surface area contributed by atoms with Gasteiger partial charge in [-0.3, -0.25) is 4.98 Å². The van der Waals surface area contributed by atoms with Crippen LogP contribution in [-0.2, 0) is 16.6 Å². The third-order valence-electron chi connectivity index (χ3n) is 2.48. The summed E-state index contributed by atoms with van der Waals surface area (Å²) in [7, 11) is -3.64. The van der Waals surface area contributed by atoms with Crippen LogP contribution in [0.5, 0.6) is 0 Å². The summed E-state index contributed by atoms with van der Waals surface area (Å²) in [5.41, 5.74) is 5.84. The molecule has 1 rings (SSSR count). The average molecular weight is 273 g/mol. The molecule has 18 heavy (non-hydrogen) atoms. The van der Waals surface area contributed by atoms with Crippen LogP contribution in [0.15, 0.2) is 23.2 Å². The molecule has 6 nitrogen and oxygen atoms in total. The molecule has 0 saturated heterocycles. The molecular formula is C11H19N3O3S. The first kappa shape index (κ1) is 15.0. The molecule has 0 unspecified atom stereocenters. The van der Waals surface area contributed by atoms with Gasteiger partial charge in [-0.05, 0) is 18.6 Å². The lowest BCUT2D eigenvalue weighted by molar-refractivity contribution is 0.253. The Labute approximate surface area is 107 Å². The van der Waals surface area contributed by atoms with Crippen molar-refractivity contribution in [2.45, 2.75) is 24.8 Å². The molecule has 0 saturated carbocycles. The van der Waals surface area contributed by atoms with Crippen LogP contribution in [0.2, 0.25) is 0 Å². The molecule has 7 heteroatoms. The van der Waals surface area contributed by atoms with Crippen LogP contribution < -0.4 is 5.73 Å². The largest absolute Gasteiger partial charge is 0.395 e. The highest BCUT2D eigenvalue weighted by Crippen LogP contribution is 2.18. The van der Waals surface area contributed by atoms with Crippen LogP contribution in [0.3, 0.4) is 0 Å². The quantitative estimate of drug-likeness (QED) is 0.725. The molecule has 0 aliphatic rings. The summed E-state index contributed by atoms with van der Waals surface area (Å²) in [6, 6.07) is 3.06. The molecule has 1 aromatic rings. The molecular weight excluding hydrogens is 254 g/mol. The second-order valence-corrected chi connectivity index (χ2v) is 5.69. The van der Waals surface area contributed by atoms with Gasteiger partial charge in [-0.2, -0.15) is 4.31 Å². The number of nitrogens with zero attached hydrogens (tertiary/aromatic N) is 2. The van der Waals surface area contributed by atoms with Crippen molar-refractivity contribution in [1.29, 1.82) is 0 Å². The van der Waals surface area contributed by atoms with Crippen molar-refractivity contribution in [3.63, 3.8) is 0 Å². The molecule has 0 fully saturated rings. The molecule has 0 atom stereocenters. The van der Waals surface area contributed by atoms with E-state index >= 15 is 0 Å². The van der Waals surface area contributed by atoms with Crippen molar-refractivity contribution in [3.05, 3.63) is 24.0 Å². The first-order valence-electron chi connectivity index (χ1n) is 5.82. The van der Waals surface area contributed by atoms with E-state index in [-0.39, 0.29) is 24.6 Å². The van der Waals surface area contributed by atoms with E-state index in [0.29, 0.717) is 18.7 Å². The topological polar surface area (TPSA) is 96.5 Å². The van der Waals surface area contributed by atoms with E-state index in [2.05, 4.69) is 4.98 Å². The van der Waals surface area contributed by atoms with Crippen LogP contribution in [0, 0.1) is 0 Å². The zero-order valence-electron chi connectivity index (χ0n) is 10.4. The molecule has 0 aliphatic heterocycles. The molecule has 0 aromatic carbocycles. The average Bonchev–Trinajstić information content (AvgIpc) is 2.38. The van der Waals surface area contributed by atoms with Gasteiger partial charge < -0.3 is 10.8 Å². The van der Waals surface area contributed by atoms with E-state index in [1.165, 1.54) is 16.6 Å². The lowest BCUT2D eigenvalue weighted by atomic mass is 10.3. The Balaban J connectivity index is 3.17. The molecule has 1 aromatic heterocycles. The number of rotatable bonds is 7. The maximum absolute atomic E-state index is 12.4. The summed E-state index contributed by atoms with van der Waals surface area (Å²) in [6.07, 6.45) is 2.19. The summed E-state index contributed by atoms with van der Waals surface area (Å²) >= 11 is 0. The lowest BCUT2D eigenvalue weighted by Gasteiger charge is -2.21. The van der Waals surface area contributed by atoms with E-state index in [9.17, 15) is 8.42 Å². The molecule has 102 valence electrons. The second-order valence-electron chi connectivity index (χ2n) is 3.78. The van der Waals surface area contributed by atoms with Gasteiger partial charge >= 0.3 is 0 Å². The van der Waals surface area contributed by atoms with Gasteiger partial charge in [0.1, 0.15) is 4.90 Å². The number of aliphatic hydroxyl groups excluding tert-OH is 1. The standard InChI is InChI=1S/C11H19N3O3S/c1-2-6-14(7-8-15)18(16,17)11-4-3-5-13-10(11)9-12/h3-5,15H,2,6-9,12H2,1H3. The van der Waals surface area contributed by atoms with Crippen LogP contribution in [0.4, 0.5) is 0 Å². The predicted octanol–water partition coefficient (Wildman–Crippen LogP) is -0.0667. The lowest BCUT2D eigenvalue weighted by Crippen LogP contribution is -2.35. The number of aliphatic hydroxyl groups is 1. The SMILES string of the molecule is CCCN(CCO)S(=O)(=O)c1cccnc1CN. The maximum atomic E-state index is 12.4. The van der Waals surface area contributed by atoms with Gasteiger partial charge in [0.15, 0.2) is 0 Å². The molecule has 0 radical (unpaired) electrons. The van der Waals surface area contributed by atoms with Gasteiger partial charge in [0.2, 0.25) is 10.0 Å². The second kappa shape index (κ2) is 6.79. The van der Waals surface area contributed by atoms with E-state index in [4.69, 9.17) is 10.8 Å². The Bertz CT molecular complexity index is 470. The number of sulfonamides is 1. The first-order valence-corrected chi connectivity index (χ1v) is 7.26. The molecule has 0 aliphatic carbocycles. The van der Waals surface area contributed by atoms with Crippen LogP contribution >= 0.6 is 0 Å². The highest BCUT2D eigenvalue weighted by molar-refractivity contribution is 7.89. The van der Waals surface area contributed by atoms with Gasteiger partial charge in [0, 0.05) is 25.8 Å². The zero-order valence-corrected chi connectivity index (χ0v) is 11.2. The third-order valence-corrected chi connectivity index (χ3v) is 4.45. The van der Waals surface area contributed by atoms with E-state index in [1.807, 2.05) is 6.92 Å². The van der Waals surface area contributed by atoms with Gasteiger partial charge in [0.25, 0.3) is 0 Å². The number of aromatic nitrogens is 1. The fraction of sp³-hybridized carbons (Fsp3) is 0.545. The van der Waals surface area contributed by atoms with Crippen LogP contribution in [-0.4, -0.2) is 42.5 Å². The fourth-order valence-electron chi connectivity index (χ4n) is 1.66. The van der Waals surface area contributed by atoms with Gasteiger partial charge in [-0.15, -0.1) is 0 Å². The summed E-state index contributed by atoms with van der Waals surface area (Å²) in [6.45, 7) is 2.18. The number of hydrogen-bond acceptors (Lipinski definition) is 5. The molecule has 1 heterocycles. The Morgan fingerprint density at radius 3 is 2.72 bits per heavy atom. The van der Waals surface area contributed by atoms with Crippen molar-refractivity contribution in [2.24, 2.45) is 5.73 Å². The maximum Gasteiger partial charge on any atom is 0.245 e. The Hall–Kier alpha value is -1.02. The number of pyridine rings is 1. The fourth-order valence-corrected chi connectivity index (χ4v) is 3.37. The zero-order chi connectivity index (χ0) is 13.6. The van der Waals surface area contributed by atoms with Crippen molar-refractivity contribution in [2.75, 3.05) is 19.7 Å². The van der Waals surface area contributed by atoms with Gasteiger partial charge in [-0.25, -0.2) is 8.42 Å². The summed E-state index contributed by atoms with van der Waals surface area (Å²) in [4.78, 5) is 4.09. The Kier molecular flexibility index (Phi) is 5.67. The van der Waals surface area contributed by atoms with Crippen LogP contribution in [0.25, 0.3) is 0 Å². The normalized spacial score (nSPS) is 12.0. The van der Waals surface area contributed by atoms with Gasteiger partial charge in [-0.1, -0.05) is 6.92 Å². The summed E-state index contributed by atoms with van der Waals surface area (Å²) < 4.78 is 26.1.